The number of carbonyl (C=O) groups excluding carboxylic acids is 1. The molecule has 27 heavy (non-hydrogen) atoms. The first-order chi connectivity index (χ1) is 13.0. The van der Waals surface area contributed by atoms with E-state index in [-0.39, 0.29) is 5.91 Å². The number of nitrogens with zero attached hydrogens (tertiary/aromatic N) is 2. The maximum Gasteiger partial charge on any atom is 0.227 e. The molecule has 2 aromatic heterocycles. The third kappa shape index (κ3) is 4.37. The Balaban J connectivity index is 1.87. The van der Waals surface area contributed by atoms with Crippen LogP contribution in [-0.2, 0) is 22.5 Å². The molecule has 0 fully saturated rings. The Hall–Kier alpha value is -2.66. The number of methoxy groups -OCH3 is 1. The second-order valence-electron chi connectivity index (χ2n) is 7.08. The molecule has 1 aromatic carbocycles. The van der Waals surface area contributed by atoms with Crippen LogP contribution in [0.3, 0.4) is 0 Å². The van der Waals surface area contributed by atoms with Crippen LogP contribution < -0.4 is 0 Å². The molecule has 0 bridgehead atoms. The van der Waals surface area contributed by atoms with Crippen LogP contribution in [0, 0.1) is 20.8 Å². The van der Waals surface area contributed by atoms with Gasteiger partial charge in [-0.15, -0.1) is 0 Å². The largest absolute Gasteiger partial charge is 0.383 e. The van der Waals surface area contributed by atoms with Gasteiger partial charge in [-0.05, 0) is 49.6 Å². The minimum atomic E-state index is 0.0964. The molecule has 0 spiro atoms. The molecule has 5 heteroatoms. The number of amides is 1. The zero-order chi connectivity index (χ0) is 19.4. The molecule has 0 atom stereocenters. The summed E-state index contributed by atoms with van der Waals surface area (Å²) in [6.07, 6.45) is 3.92. The van der Waals surface area contributed by atoms with Crippen molar-refractivity contribution >= 4 is 16.8 Å². The van der Waals surface area contributed by atoms with E-state index in [0.29, 0.717) is 26.1 Å². The average Bonchev–Trinajstić information content (AvgIpc) is 2.95. The fourth-order valence-electron chi connectivity index (χ4n) is 3.53. The van der Waals surface area contributed by atoms with E-state index in [1.54, 1.807) is 19.5 Å². The Morgan fingerprint density at radius 1 is 1.26 bits per heavy atom. The Morgan fingerprint density at radius 2 is 2.07 bits per heavy atom. The van der Waals surface area contributed by atoms with Crippen molar-refractivity contribution in [2.24, 2.45) is 0 Å². The molecule has 5 nitrogen and oxygen atoms in total. The predicted molar refractivity (Wildman–Crippen MR) is 108 cm³/mol. The van der Waals surface area contributed by atoms with Crippen LogP contribution in [0.2, 0.25) is 0 Å². The summed E-state index contributed by atoms with van der Waals surface area (Å²) >= 11 is 0. The van der Waals surface area contributed by atoms with E-state index in [9.17, 15) is 4.79 Å². The van der Waals surface area contributed by atoms with Gasteiger partial charge < -0.3 is 14.6 Å². The van der Waals surface area contributed by atoms with Crippen LogP contribution in [0.25, 0.3) is 10.9 Å². The van der Waals surface area contributed by atoms with Crippen LogP contribution in [0.4, 0.5) is 0 Å². The normalized spacial score (nSPS) is 11.1. The zero-order valence-electron chi connectivity index (χ0n) is 16.5. The van der Waals surface area contributed by atoms with Crippen molar-refractivity contribution in [1.82, 2.24) is 14.9 Å². The van der Waals surface area contributed by atoms with Crippen molar-refractivity contribution in [2.45, 2.75) is 33.7 Å². The van der Waals surface area contributed by atoms with Crippen molar-refractivity contribution in [3.05, 3.63) is 64.6 Å². The van der Waals surface area contributed by atoms with Crippen molar-refractivity contribution in [3.63, 3.8) is 0 Å². The number of carbonyl (C=O) groups is 1. The van der Waals surface area contributed by atoms with E-state index in [0.717, 1.165) is 27.7 Å². The third-order valence-corrected chi connectivity index (χ3v) is 4.91. The Labute approximate surface area is 160 Å². The van der Waals surface area contributed by atoms with Crippen LogP contribution in [-0.4, -0.2) is 41.0 Å². The van der Waals surface area contributed by atoms with Crippen LogP contribution in [0.15, 0.2) is 36.7 Å². The number of aromatic nitrogens is 2. The van der Waals surface area contributed by atoms with Gasteiger partial charge in [0.15, 0.2) is 0 Å². The molecule has 3 rings (SSSR count). The second-order valence-corrected chi connectivity index (χ2v) is 7.08. The summed E-state index contributed by atoms with van der Waals surface area (Å²) in [6.45, 7) is 7.84. The number of pyridine rings is 1. The minimum Gasteiger partial charge on any atom is -0.383 e. The van der Waals surface area contributed by atoms with Crippen LogP contribution >= 0.6 is 0 Å². The van der Waals surface area contributed by atoms with Gasteiger partial charge in [-0.3, -0.25) is 9.78 Å². The van der Waals surface area contributed by atoms with E-state index >= 15 is 0 Å². The first-order valence-electron chi connectivity index (χ1n) is 9.23. The summed E-state index contributed by atoms with van der Waals surface area (Å²) in [6, 6.07) is 8.21. The average molecular weight is 365 g/mol. The quantitative estimate of drug-likeness (QED) is 0.694. The van der Waals surface area contributed by atoms with E-state index < -0.39 is 0 Å². The van der Waals surface area contributed by atoms with Gasteiger partial charge in [0.2, 0.25) is 5.91 Å². The SMILES string of the molecule is COCCN(Cc1cccnc1)C(=O)Cc1c(C)[nH]c2c(C)cc(C)cc12. The van der Waals surface area contributed by atoms with Gasteiger partial charge in [0.1, 0.15) is 0 Å². The van der Waals surface area contributed by atoms with E-state index in [1.807, 2.05) is 24.0 Å². The molecule has 0 saturated carbocycles. The lowest BCUT2D eigenvalue weighted by Gasteiger charge is -2.22. The minimum absolute atomic E-state index is 0.0964. The van der Waals surface area contributed by atoms with Crippen molar-refractivity contribution in [1.29, 1.82) is 0 Å². The molecule has 1 amide bonds. The van der Waals surface area contributed by atoms with Gasteiger partial charge in [0.25, 0.3) is 0 Å². The molecule has 1 N–H and O–H groups in total. The fourth-order valence-corrected chi connectivity index (χ4v) is 3.53. The number of hydrogen-bond donors (Lipinski definition) is 1. The fraction of sp³-hybridized carbons (Fsp3) is 0.364. The van der Waals surface area contributed by atoms with Gasteiger partial charge in [-0.1, -0.05) is 17.7 Å². The van der Waals surface area contributed by atoms with E-state index in [4.69, 9.17) is 4.74 Å². The highest BCUT2D eigenvalue weighted by molar-refractivity contribution is 5.92. The summed E-state index contributed by atoms with van der Waals surface area (Å²) in [5.41, 5.74) is 6.69. The van der Waals surface area contributed by atoms with Crippen molar-refractivity contribution in [3.8, 4) is 0 Å². The molecule has 0 aliphatic carbocycles. The number of nitrogens with one attached hydrogen (secondary N) is 1. The van der Waals surface area contributed by atoms with Gasteiger partial charge in [0, 0.05) is 49.2 Å². The van der Waals surface area contributed by atoms with E-state index in [1.165, 1.54) is 11.1 Å². The number of H-pyrrole nitrogens is 1. The van der Waals surface area contributed by atoms with Gasteiger partial charge in [0.05, 0.1) is 13.0 Å². The third-order valence-electron chi connectivity index (χ3n) is 4.91. The zero-order valence-corrected chi connectivity index (χ0v) is 16.5. The summed E-state index contributed by atoms with van der Waals surface area (Å²) < 4.78 is 5.21. The monoisotopic (exact) mass is 365 g/mol. The number of benzene rings is 1. The molecular formula is C22H27N3O2. The lowest BCUT2D eigenvalue weighted by atomic mass is 10.0. The molecule has 0 aliphatic heterocycles. The summed E-state index contributed by atoms with van der Waals surface area (Å²) in [5, 5.41) is 1.14. The lowest BCUT2D eigenvalue weighted by Crippen LogP contribution is -2.34. The number of fused-ring (bicyclic) bond motifs is 1. The Bertz CT molecular complexity index is 932. The van der Waals surface area contributed by atoms with Crippen LogP contribution in [0.1, 0.15) is 27.9 Å². The molecule has 3 aromatic rings. The maximum atomic E-state index is 13.1. The Kier molecular flexibility index (Phi) is 5.91. The van der Waals surface area contributed by atoms with E-state index in [2.05, 4.69) is 35.9 Å². The summed E-state index contributed by atoms with van der Waals surface area (Å²) in [5.74, 6) is 0.0964. The number of aromatic amines is 1. The number of rotatable bonds is 7. The molecule has 0 aliphatic rings. The summed E-state index contributed by atoms with van der Waals surface area (Å²) in [7, 11) is 1.65. The molecule has 0 unspecified atom stereocenters. The first kappa shape index (κ1) is 19.1. The lowest BCUT2D eigenvalue weighted by molar-refractivity contribution is -0.131. The molecule has 2 heterocycles. The van der Waals surface area contributed by atoms with Gasteiger partial charge >= 0.3 is 0 Å². The van der Waals surface area contributed by atoms with Gasteiger partial charge in [-0.2, -0.15) is 0 Å². The number of aryl methyl sites for hydroxylation is 3. The predicted octanol–water partition coefficient (Wildman–Crippen LogP) is 3.71. The van der Waals surface area contributed by atoms with Crippen molar-refractivity contribution in [2.75, 3.05) is 20.3 Å². The Morgan fingerprint density at radius 3 is 2.78 bits per heavy atom. The summed E-state index contributed by atoms with van der Waals surface area (Å²) in [4.78, 5) is 22.6. The molecule has 0 radical (unpaired) electrons. The maximum absolute atomic E-state index is 13.1. The topological polar surface area (TPSA) is 58.2 Å². The highest BCUT2D eigenvalue weighted by Gasteiger charge is 2.19. The molecule has 0 saturated heterocycles. The van der Waals surface area contributed by atoms with Crippen molar-refractivity contribution < 1.29 is 9.53 Å². The standard InChI is InChI=1S/C22H27N3O2/c1-15-10-16(2)22-20(11-15)19(17(3)24-22)12-21(26)25(8-9-27-4)14-18-6-5-7-23-13-18/h5-7,10-11,13,24H,8-9,12,14H2,1-4H3. The smallest absolute Gasteiger partial charge is 0.227 e. The van der Waals surface area contributed by atoms with Crippen LogP contribution in [0.5, 0.6) is 0 Å². The van der Waals surface area contributed by atoms with Gasteiger partial charge in [-0.25, -0.2) is 0 Å². The second kappa shape index (κ2) is 8.35. The first-order valence-corrected chi connectivity index (χ1v) is 9.23. The number of ether oxygens (including phenoxy) is 1. The number of hydrogen-bond acceptors (Lipinski definition) is 3. The highest BCUT2D eigenvalue weighted by atomic mass is 16.5. The molecule has 142 valence electrons. The highest BCUT2D eigenvalue weighted by Crippen LogP contribution is 2.27. The molecular weight excluding hydrogens is 338 g/mol.